The normalized spacial score (nSPS) is 42.1. The Bertz CT molecular complexity index is 853. The quantitative estimate of drug-likeness (QED) is 0.338. The molecular weight excluding hydrogens is 477 g/mol. The van der Waals surface area contributed by atoms with Crippen LogP contribution in [-0.2, 0) is 13.6 Å². The predicted octanol–water partition coefficient (Wildman–Crippen LogP) is 8.99. The van der Waals surface area contributed by atoms with E-state index in [4.69, 9.17) is 8.85 Å². The van der Waals surface area contributed by atoms with Crippen molar-refractivity contribution in [1.29, 1.82) is 0 Å². The summed E-state index contributed by atoms with van der Waals surface area (Å²) < 4.78 is 14.5. The molecule has 0 aromatic carbocycles. The smallest absolute Gasteiger partial charge is 0.192 e. The van der Waals surface area contributed by atoms with Crippen LogP contribution in [0.3, 0.4) is 0 Å². The minimum Gasteiger partial charge on any atom is -0.414 e. The molecule has 0 aromatic heterocycles. The summed E-state index contributed by atoms with van der Waals surface area (Å²) in [6.07, 6.45) is 9.71. The Hall–Kier alpha value is 0.0238. The van der Waals surface area contributed by atoms with Crippen LogP contribution in [0.1, 0.15) is 107 Å². The van der Waals surface area contributed by atoms with Crippen LogP contribution in [0.15, 0.2) is 0 Å². The van der Waals surface area contributed by atoms with Crippen molar-refractivity contribution < 1.29 is 13.6 Å². The summed E-state index contributed by atoms with van der Waals surface area (Å²) in [5, 5.41) is 0.446. The number of carbonyl (C=O) groups excluding carboxylic acids is 1. The van der Waals surface area contributed by atoms with E-state index in [1.54, 1.807) is 0 Å². The molecule has 8 atom stereocenters. The van der Waals surface area contributed by atoms with Gasteiger partial charge in [0, 0.05) is 24.0 Å². The summed E-state index contributed by atoms with van der Waals surface area (Å²) in [6, 6.07) is 0. The monoisotopic (exact) mass is 534 g/mol. The van der Waals surface area contributed by atoms with Gasteiger partial charge in [-0.3, -0.25) is 4.79 Å². The average Bonchev–Trinajstić information content (AvgIpc) is 3.02. The standard InChI is InChI=1S/C31H58O3Si2/c1-28(2,3)35(9,10)33-21-15-17-30(7)24-16-18-31(8)23(13-14-27(31)32)22(24)20-26(25(30)19-21)34-36(11,12)29(4,5)6/h21-26H,13-20H2,1-12H3/t21-,22-,23-,24-,25+,26-,30+,31-/m0/s1. The lowest BCUT2D eigenvalue weighted by molar-refractivity contribution is -0.166. The van der Waals surface area contributed by atoms with Crippen LogP contribution in [0.5, 0.6) is 0 Å². The average molecular weight is 535 g/mol. The van der Waals surface area contributed by atoms with Gasteiger partial charge in [0.15, 0.2) is 16.6 Å². The van der Waals surface area contributed by atoms with Gasteiger partial charge in [0.05, 0.1) is 0 Å². The zero-order valence-corrected chi connectivity index (χ0v) is 27.8. The molecule has 208 valence electrons. The van der Waals surface area contributed by atoms with Crippen LogP contribution >= 0.6 is 0 Å². The van der Waals surface area contributed by atoms with Crippen LogP contribution < -0.4 is 0 Å². The molecular formula is C31H58O3Si2. The van der Waals surface area contributed by atoms with Crippen molar-refractivity contribution in [2.75, 3.05) is 0 Å². The molecule has 5 heteroatoms. The van der Waals surface area contributed by atoms with Gasteiger partial charge >= 0.3 is 0 Å². The van der Waals surface area contributed by atoms with E-state index in [0.717, 1.165) is 38.0 Å². The van der Waals surface area contributed by atoms with Crippen molar-refractivity contribution in [3.63, 3.8) is 0 Å². The first-order valence-corrected chi connectivity index (χ1v) is 20.9. The van der Waals surface area contributed by atoms with E-state index in [1.807, 2.05) is 0 Å². The molecule has 0 amide bonds. The molecule has 0 spiro atoms. The number of hydrogen-bond donors (Lipinski definition) is 0. The fourth-order valence-electron chi connectivity index (χ4n) is 8.39. The van der Waals surface area contributed by atoms with E-state index in [1.165, 1.54) is 19.3 Å². The summed E-state index contributed by atoms with van der Waals surface area (Å²) in [5.41, 5.74) is 0.227. The molecule has 0 heterocycles. The van der Waals surface area contributed by atoms with E-state index >= 15 is 0 Å². The zero-order valence-electron chi connectivity index (χ0n) is 25.8. The molecule has 4 saturated carbocycles. The lowest BCUT2D eigenvalue weighted by atomic mass is 9.44. The van der Waals surface area contributed by atoms with Crippen molar-refractivity contribution in [2.45, 2.75) is 155 Å². The second-order valence-electron chi connectivity index (χ2n) is 16.8. The predicted molar refractivity (Wildman–Crippen MR) is 156 cm³/mol. The first-order valence-electron chi connectivity index (χ1n) is 15.1. The van der Waals surface area contributed by atoms with Gasteiger partial charge in [-0.15, -0.1) is 0 Å². The molecule has 0 saturated heterocycles. The second-order valence-corrected chi connectivity index (χ2v) is 26.3. The Balaban J connectivity index is 1.67. The van der Waals surface area contributed by atoms with Gasteiger partial charge in [0.25, 0.3) is 0 Å². The molecule has 4 rings (SSSR count). The summed E-state index contributed by atoms with van der Waals surface area (Å²) in [4.78, 5) is 13.0. The number of fused-ring (bicyclic) bond motifs is 5. The summed E-state index contributed by atoms with van der Waals surface area (Å²) in [7, 11) is -3.73. The molecule has 0 radical (unpaired) electrons. The maximum Gasteiger partial charge on any atom is 0.192 e. The van der Waals surface area contributed by atoms with E-state index < -0.39 is 16.6 Å². The molecule has 0 aliphatic heterocycles. The fourth-order valence-corrected chi connectivity index (χ4v) is 11.2. The highest BCUT2D eigenvalue weighted by molar-refractivity contribution is 6.74. The zero-order chi connectivity index (χ0) is 27.1. The van der Waals surface area contributed by atoms with Gasteiger partial charge in [-0.1, -0.05) is 55.4 Å². The molecule has 3 nitrogen and oxygen atoms in total. The maximum atomic E-state index is 13.0. The third kappa shape index (κ3) is 4.68. The van der Waals surface area contributed by atoms with Crippen molar-refractivity contribution in [3.05, 3.63) is 0 Å². The molecule has 0 unspecified atom stereocenters. The topological polar surface area (TPSA) is 35.5 Å². The van der Waals surface area contributed by atoms with Crippen molar-refractivity contribution in [3.8, 4) is 0 Å². The van der Waals surface area contributed by atoms with Gasteiger partial charge < -0.3 is 8.85 Å². The van der Waals surface area contributed by atoms with Crippen LogP contribution in [0.25, 0.3) is 0 Å². The van der Waals surface area contributed by atoms with Crippen LogP contribution in [0.2, 0.25) is 36.3 Å². The van der Waals surface area contributed by atoms with Gasteiger partial charge in [0.2, 0.25) is 0 Å². The first kappa shape index (κ1) is 29.0. The first-order chi connectivity index (χ1) is 16.2. The molecule has 0 aromatic rings. The number of Topliss-reactive ketones (excluding diaryl/α,β-unsaturated/α-hetero) is 1. The number of ketones is 1. The largest absolute Gasteiger partial charge is 0.414 e. The molecule has 4 aliphatic carbocycles. The van der Waals surface area contributed by atoms with Crippen molar-refractivity contribution >= 4 is 22.4 Å². The van der Waals surface area contributed by atoms with Crippen LogP contribution in [0, 0.1) is 34.5 Å². The number of hydrogen-bond acceptors (Lipinski definition) is 3. The number of carbonyl (C=O) groups is 1. The van der Waals surface area contributed by atoms with Crippen molar-refractivity contribution in [1.82, 2.24) is 0 Å². The Morgan fingerprint density at radius 1 is 0.750 bits per heavy atom. The Morgan fingerprint density at radius 2 is 1.33 bits per heavy atom. The van der Waals surface area contributed by atoms with E-state index in [0.29, 0.717) is 41.2 Å². The minimum absolute atomic E-state index is 0.0749. The van der Waals surface area contributed by atoms with Crippen LogP contribution in [-0.4, -0.2) is 34.6 Å². The fraction of sp³-hybridized carbons (Fsp3) is 0.968. The van der Waals surface area contributed by atoms with E-state index in [-0.39, 0.29) is 15.5 Å². The highest BCUT2D eigenvalue weighted by Gasteiger charge is 2.63. The van der Waals surface area contributed by atoms with Gasteiger partial charge in [-0.25, -0.2) is 0 Å². The molecule has 4 fully saturated rings. The minimum atomic E-state index is -1.92. The van der Waals surface area contributed by atoms with Crippen LogP contribution in [0.4, 0.5) is 0 Å². The lowest BCUT2D eigenvalue weighted by Gasteiger charge is -2.63. The van der Waals surface area contributed by atoms with Crippen molar-refractivity contribution in [2.24, 2.45) is 34.5 Å². The molecule has 4 aliphatic rings. The SMILES string of the molecule is CC(C)(C)[Si](C)(C)O[C@H]1CC[C@@]2(C)[C@H](C1)[C@@H](O[Si](C)(C)C(C)(C)C)C[C@@H]1[C@@H]2CC[C@]2(C)C(=O)CC[C@@H]12. The van der Waals surface area contributed by atoms with E-state index in [9.17, 15) is 4.79 Å². The highest BCUT2D eigenvalue weighted by Crippen LogP contribution is 2.66. The molecule has 36 heavy (non-hydrogen) atoms. The Kier molecular flexibility index (Phi) is 7.27. The summed E-state index contributed by atoms with van der Waals surface area (Å²) >= 11 is 0. The third-order valence-electron chi connectivity index (χ3n) is 12.8. The summed E-state index contributed by atoms with van der Waals surface area (Å²) in [5.74, 6) is 3.06. The van der Waals surface area contributed by atoms with Gasteiger partial charge in [0.1, 0.15) is 5.78 Å². The Morgan fingerprint density at radius 3 is 1.92 bits per heavy atom. The molecule has 0 N–H and O–H groups in total. The van der Waals surface area contributed by atoms with E-state index in [2.05, 4.69) is 81.6 Å². The lowest BCUT2D eigenvalue weighted by Crippen LogP contribution is -2.61. The van der Waals surface area contributed by atoms with Gasteiger partial charge in [-0.2, -0.15) is 0 Å². The number of rotatable bonds is 4. The second kappa shape index (κ2) is 9.03. The Labute approximate surface area is 225 Å². The third-order valence-corrected chi connectivity index (χ3v) is 21.9. The highest BCUT2D eigenvalue weighted by atomic mass is 28.4. The maximum absolute atomic E-state index is 13.0. The van der Waals surface area contributed by atoms with Gasteiger partial charge in [-0.05, 0) is 110 Å². The summed E-state index contributed by atoms with van der Waals surface area (Å²) in [6.45, 7) is 28.9. The molecule has 0 bridgehead atoms.